The van der Waals surface area contributed by atoms with Gasteiger partial charge in [0.25, 0.3) is 11.8 Å². The van der Waals surface area contributed by atoms with Gasteiger partial charge in [0.1, 0.15) is 0 Å². The summed E-state index contributed by atoms with van der Waals surface area (Å²) in [5.74, 6) is -0.504. The topological polar surface area (TPSA) is 57.6 Å². The second-order valence-electron chi connectivity index (χ2n) is 4.52. The second kappa shape index (κ2) is 3.17. The molecule has 2 rings (SSSR count). The lowest BCUT2D eigenvalue weighted by Crippen LogP contribution is -2.50. The number of imide groups is 1. The number of carbonyl (C=O) groups excluding carboxylic acids is 2. The van der Waals surface area contributed by atoms with Crippen molar-refractivity contribution in [2.75, 3.05) is 6.54 Å². The standard InChI is InChI=1S/C11H15NO3/c1-7-8(2)10(14)12(9(7)13)6-11(15)4-3-5-11/h15H,3-6H2,1-2H3. The SMILES string of the molecule is CC1=C(C)C(=O)N(CC2(O)CCC2)C1=O. The Balaban J connectivity index is 2.13. The Bertz CT molecular complexity index is 342. The Morgan fingerprint density at radius 1 is 1.20 bits per heavy atom. The quantitative estimate of drug-likeness (QED) is 0.678. The van der Waals surface area contributed by atoms with Gasteiger partial charge >= 0.3 is 0 Å². The average molecular weight is 209 g/mol. The first-order valence-electron chi connectivity index (χ1n) is 5.21. The number of nitrogens with zero attached hydrogens (tertiary/aromatic N) is 1. The Morgan fingerprint density at radius 2 is 1.67 bits per heavy atom. The third-order valence-electron chi connectivity index (χ3n) is 3.43. The van der Waals surface area contributed by atoms with Gasteiger partial charge in [-0.15, -0.1) is 0 Å². The highest BCUT2D eigenvalue weighted by molar-refractivity contribution is 6.18. The Morgan fingerprint density at radius 3 is 2.00 bits per heavy atom. The fourth-order valence-corrected chi connectivity index (χ4v) is 2.00. The molecule has 0 aromatic rings. The minimum Gasteiger partial charge on any atom is -0.388 e. The molecule has 1 heterocycles. The van der Waals surface area contributed by atoms with Crippen LogP contribution in [0.3, 0.4) is 0 Å². The van der Waals surface area contributed by atoms with E-state index in [1.165, 1.54) is 4.90 Å². The summed E-state index contributed by atoms with van der Waals surface area (Å²) < 4.78 is 0. The van der Waals surface area contributed by atoms with Crippen LogP contribution >= 0.6 is 0 Å². The van der Waals surface area contributed by atoms with Crippen LogP contribution in [-0.2, 0) is 9.59 Å². The number of rotatable bonds is 2. The molecular weight excluding hydrogens is 194 g/mol. The van der Waals surface area contributed by atoms with Gasteiger partial charge in [0.15, 0.2) is 0 Å². The molecule has 4 heteroatoms. The normalized spacial score (nSPS) is 24.9. The first kappa shape index (κ1) is 10.4. The molecule has 1 saturated carbocycles. The van der Waals surface area contributed by atoms with Crippen LogP contribution in [0.1, 0.15) is 33.1 Å². The summed E-state index contributed by atoms with van der Waals surface area (Å²) >= 11 is 0. The van der Waals surface area contributed by atoms with Gasteiger partial charge < -0.3 is 5.11 Å². The number of hydrogen-bond donors (Lipinski definition) is 1. The van der Waals surface area contributed by atoms with Crippen molar-refractivity contribution < 1.29 is 14.7 Å². The first-order valence-corrected chi connectivity index (χ1v) is 5.21. The molecule has 1 aliphatic carbocycles. The Kier molecular flexibility index (Phi) is 2.19. The number of β-amino-alcohol motifs (C(OH)–C–C–N with tert-alkyl or cyclic N) is 1. The van der Waals surface area contributed by atoms with Gasteiger partial charge in [-0.05, 0) is 33.1 Å². The van der Waals surface area contributed by atoms with Gasteiger partial charge in [-0.25, -0.2) is 0 Å². The number of carbonyl (C=O) groups is 2. The molecule has 0 aromatic heterocycles. The fourth-order valence-electron chi connectivity index (χ4n) is 2.00. The molecule has 0 aromatic carbocycles. The van der Waals surface area contributed by atoms with Gasteiger partial charge in [-0.2, -0.15) is 0 Å². The summed E-state index contributed by atoms with van der Waals surface area (Å²) in [5.41, 5.74) is 0.182. The maximum absolute atomic E-state index is 11.7. The second-order valence-corrected chi connectivity index (χ2v) is 4.52. The molecule has 2 amide bonds. The van der Waals surface area contributed by atoms with Crippen molar-refractivity contribution in [1.82, 2.24) is 4.90 Å². The Labute approximate surface area is 88.6 Å². The number of amides is 2. The summed E-state index contributed by atoms with van der Waals surface area (Å²) in [6.07, 6.45) is 2.34. The summed E-state index contributed by atoms with van der Waals surface area (Å²) in [4.78, 5) is 24.5. The van der Waals surface area contributed by atoms with Crippen LogP contribution in [0, 0.1) is 0 Å². The van der Waals surface area contributed by atoms with Crippen LogP contribution in [0.2, 0.25) is 0 Å². The summed E-state index contributed by atoms with van der Waals surface area (Å²) in [7, 11) is 0. The van der Waals surface area contributed by atoms with Crippen molar-refractivity contribution >= 4 is 11.8 Å². The highest BCUT2D eigenvalue weighted by atomic mass is 16.3. The average Bonchev–Trinajstić information content (AvgIpc) is 2.33. The highest BCUT2D eigenvalue weighted by Gasteiger charge is 2.42. The minimum atomic E-state index is -0.823. The predicted octanol–water partition coefficient (Wildman–Crippen LogP) is 0.607. The largest absolute Gasteiger partial charge is 0.388 e. The van der Waals surface area contributed by atoms with E-state index in [9.17, 15) is 14.7 Å². The van der Waals surface area contributed by atoms with Gasteiger partial charge in [-0.3, -0.25) is 14.5 Å². The molecule has 0 unspecified atom stereocenters. The van der Waals surface area contributed by atoms with Gasteiger partial charge in [0.2, 0.25) is 0 Å². The van der Waals surface area contributed by atoms with Crippen LogP contribution in [0.4, 0.5) is 0 Å². The van der Waals surface area contributed by atoms with Crippen molar-refractivity contribution in [1.29, 1.82) is 0 Å². The van der Waals surface area contributed by atoms with E-state index in [1.54, 1.807) is 13.8 Å². The van der Waals surface area contributed by atoms with Gasteiger partial charge in [0.05, 0.1) is 12.1 Å². The molecule has 4 nitrogen and oxygen atoms in total. The Hall–Kier alpha value is -1.16. The lowest BCUT2D eigenvalue weighted by molar-refractivity contribution is -0.145. The van der Waals surface area contributed by atoms with Crippen molar-refractivity contribution in [3.63, 3.8) is 0 Å². The van der Waals surface area contributed by atoms with Crippen LogP contribution < -0.4 is 0 Å². The summed E-state index contributed by atoms with van der Waals surface area (Å²) in [5, 5.41) is 9.91. The maximum Gasteiger partial charge on any atom is 0.256 e. The van der Waals surface area contributed by atoms with Gasteiger partial charge in [-0.1, -0.05) is 0 Å². The van der Waals surface area contributed by atoms with Crippen LogP contribution in [-0.4, -0.2) is 34.0 Å². The smallest absolute Gasteiger partial charge is 0.256 e. The van der Waals surface area contributed by atoms with Crippen molar-refractivity contribution in [3.05, 3.63) is 11.1 Å². The van der Waals surface area contributed by atoms with Crippen LogP contribution in [0.15, 0.2) is 11.1 Å². The third kappa shape index (κ3) is 1.49. The highest BCUT2D eigenvalue weighted by Crippen LogP contribution is 2.34. The molecule has 15 heavy (non-hydrogen) atoms. The van der Waals surface area contributed by atoms with E-state index in [0.29, 0.717) is 24.0 Å². The van der Waals surface area contributed by atoms with Crippen molar-refractivity contribution in [3.8, 4) is 0 Å². The van der Waals surface area contributed by atoms with Crippen LogP contribution in [0.25, 0.3) is 0 Å². The van der Waals surface area contributed by atoms with Crippen LogP contribution in [0.5, 0.6) is 0 Å². The molecule has 0 atom stereocenters. The van der Waals surface area contributed by atoms with Gasteiger partial charge in [0, 0.05) is 11.1 Å². The number of hydrogen-bond acceptors (Lipinski definition) is 3. The predicted molar refractivity (Wildman–Crippen MR) is 53.9 cm³/mol. The molecule has 82 valence electrons. The fraction of sp³-hybridized carbons (Fsp3) is 0.636. The van der Waals surface area contributed by atoms with Crippen molar-refractivity contribution in [2.45, 2.75) is 38.7 Å². The molecule has 0 bridgehead atoms. The molecule has 1 aliphatic heterocycles. The monoisotopic (exact) mass is 209 g/mol. The lowest BCUT2D eigenvalue weighted by atomic mass is 9.80. The van der Waals surface area contributed by atoms with E-state index in [4.69, 9.17) is 0 Å². The minimum absolute atomic E-state index is 0.152. The molecule has 2 aliphatic rings. The van der Waals surface area contributed by atoms with E-state index >= 15 is 0 Å². The van der Waals surface area contributed by atoms with E-state index in [-0.39, 0.29) is 18.4 Å². The van der Waals surface area contributed by atoms with E-state index in [2.05, 4.69) is 0 Å². The molecule has 1 N–H and O–H groups in total. The molecule has 0 radical (unpaired) electrons. The summed E-state index contributed by atoms with van der Waals surface area (Å²) in [6.45, 7) is 3.46. The van der Waals surface area contributed by atoms with E-state index in [1.807, 2.05) is 0 Å². The zero-order valence-corrected chi connectivity index (χ0v) is 9.04. The molecule has 0 spiro atoms. The zero-order valence-electron chi connectivity index (χ0n) is 9.04. The van der Waals surface area contributed by atoms with E-state index < -0.39 is 5.60 Å². The van der Waals surface area contributed by atoms with Crippen molar-refractivity contribution in [2.24, 2.45) is 0 Å². The molecule has 1 fully saturated rings. The lowest BCUT2D eigenvalue weighted by Gasteiger charge is -2.38. The zero-order chi connectivity index (χ0) is 11.2. The first-order chi connectivity index (χ1) is 6.94. The molecular formula is C11H15NO3. The van der Waals surface area contributed by atoms with E-state index in [0.717, 1.165) is 6.42 Å². The maximum atomic E-state index is 11.7. The third-order valence-corrected chi connectivity index (χ3v) is 3.43. The number of aliphatic hydroxyl groups is 1. The summed E-state index contributed by atoms with van der Waals surface area (Å²) in [6, 6.07) is 0. The molecule has 0 saturated heterocycles.